The van der Waals surface area contributed by atoms with E-state index in [4.69, 9.17) is 21.1 Å². The molecule has 0 aliphatic heterocycles. The Morgan fingerprint density at radius 3 is 2.40 bits per heavy atom. The first-order chi connectivity index (χ1) is 18.1. The quantitative estimate of drug-likeness (QED) is 0.224. The first-order valence-corrected chi connectivity index (χ1v) is 12.3. The van der Waals surface area contributed by atoms with E-state index in [1.807, 2.05) is 6.92 Å². The SMILES string of the molecule is CCOc1cccc([C@H](CC(=O)[O-])NC(=O)Nc2c([O-])c(C)cn(Cc3c(Cl)cccc3OCC)c2=O)c1.[Na+].[Na+]. The summed E-state index contributed by atoms with van der Waals surface area (Å²) >= 11 is 6.35. The van der Waals surface area contributed by atoms with Crippen LogP contribution in [0.15, 0.2) is 53.5 Å². The molecule has 1 heterocycles. The van der Waals surface area contributed by atoms with Gasteiger partial charge in [0.05, 0.1) is 25.8 Å². The number of aromatic nitrogens is 1. The van der Waals surface area contributed by atoms with Crippen LogP contribution >= 0.6 is 11.6 Å². The molecule has 1 aromatic heterocycles. The third kappa shape index (κ3) is 9.44. The normalized spacial score (nSPS) is 10.9. The van der Waals surface area contributed by atoms with E-state index < -0.39 is 41.5 Å². The van der Waals surface area contributed by atoms with Crippen LogP contribution in [0.1, 0.15) is 43.0 Å². The van der Waals surface area contributed by atoms with Crippen LogP contribution in [0.2, 0.25) is 5.02 Å². The van der Waals surface area contributed by atoms with E-state index in [1.54, 1.807) is 49.4 Å². The molecule has 1 atom stereocenters. The van der Waals surface area contributed by atoms with E-state index in [-0.39, 0.29) is 71.2 Å². The molecule has 2 N–H and O–H groups in total. The van der Waals surface area contributed by atoms with Crippen LogP contribution in [0.5, 0.6) is 17.2 Å². The molecule has 40 heavy (non-hydrogen) atoms. The van der Waals surface area contributed by atoms with Crippen molar-refractivity contribution in [3.63, 3.8) is 0 Å². The molecule has 0 unspecified atom stereocenters. The van der Waals surface area contributed by atoms with Gasteiger partial charge in [-0.2, -0.15) is 0 Å². The molecule has 0 saturated carbocycles. The number of aryl methyl sites for hydroxylation is 1. The molecule has 0 aliphatic carbocycles. The Morgan fingerprint density at radius 1 is 1.07 bits per heavy atom. The van der Waals surface area contributed by atoms with Gasteiger partial charge in [0, 0.05) is 29.2 Å². The maximum absolute atomic E-state index is 13.2. The number of ether oxygens (including phenoxy) is 2. The van der Waals surface area contributed by atoms with Crippen LogP contribution in [0.4, 0.5) is 10.5 Å². The first-order valence-electron chi connectivity index (χ1n) is 12.0. The largest absolute Gasteiger partial charge is 1.00 e. The van der Waals surface area contributed by atoms with E-state index in [9.17, 15) is 24.6 Å². The number of carbonyl (C=O) groups is 2. The maximum Gasteiger partial charge on any atom is 1.00 e. The number of carboxylic acid groups (broad SMARTS) is 1. The van der Waals surface area contributed by atoms with Crippen LogP contribution in [0.3, 0.4) is 0 Å². The van der Waals surface area contributed by atoms with Crippen LogP contribution < -0.4 is 95.0 Å². The molecule has 0 fully saturated rings. The number of pyridine rings is 1. The van der Waals surface area contributed by atoms with Gasteiger partial charge in [0.1, 0.15) is 17.2 Å². The average molecular weight is 588 g/mol. The minimum Gasteiger partial charge on any atom is -0.871 e. The Hall–Kier alpha value is -2.18. The molecule has 3 rings (SSSR count). The number of benzene rings is 2. The number of nitrogens with zero attached hydrogens (tertiary/aromatic N) is 1. The number of hydrogen-bond donors (Lipinski definition) is 2. The fourth-order valence-electron chi connectivity index (χ4n) is 3.88. The van der Waals surface area contributed by atoms with E-state index >= 15 is 0 Å². The second-order valence-electron chi connectivity index (χ2n) is 8.33. The molecular weight excluding hydrogens is 560 g/mol. The van der Waals surface area contributed by atoms with Gasteiger partial charge in [-0.05, 0) is 56.2 Å². The van der Waals surface area contributed by atoms with E-state index in [2.05, 4.69) is 10.6 Å². The zero-order chi connectivity index (χ0) is 27.8. The summed E-state index contributed by atoms with van der Waals surface area (Å²) in [6, 6.07) is 9.70. The van der Waals surface area contributed by atoms with Gasteiger partial charge < -0.3 is 39.7 Å². The molecule has 0 spiro atoms. The van der Waals surface area contributed by atoms with Crippen LogP contribution in [-0.4, -0.2) is 29.8 Å². The van der Waals surface area contributed by atoms with Gasteiger partial charge in [-0.25, -0.2) is 4.79 Å². The number of carbonyl (C=O) groups excluding carboxylic acids is 2. The predicted molar refractivity (Wildman–Crippen MR) is 139 cm³/mol. The van der Waals surface area contributed by atoms with Crippen molar-refractivity contribution in [2.75, 3.05) is 18.5 Å². The molecule has 0 aliphatic rings. The van der Waals surface area contributed by atoms with E-state index in [0.717, 1.165) is 0 Å². The average Bonchev–Trinajstić information content (AvgIpc) is 2.87. The summed E-state index contributed by atoms with van der Waals surface area (Å²) in [5.41, 5.74) is -0.0486. The Bertz CT molecular complexity index is 1380. The fraction of sp³-hybridized carbons (Fsp3) is 0.296. The first kappa shape index (κ1) is 35.8. The molecular formula is C27H28ClN3Na2O7. The van der Waals surface area contributed by atoms with Crippen molar-refractivity contribution in [2.24, 2.45) is 0 Å². The Morgan fingerprint density at radius 2 is 1.75 bits per heavy atom. The smallest absolute Gasteiger partial charge is 0.871 e. The minimum absolute atomic E-state index is 0. The Labute approximate surface area is 281 Å². The standard InChI is InChI=1S/C27H30ClN3O7.2Na/c1-4-37-18-9-6-8-17(12-18)21(13-23(32)33)29-27(36)30-24-25(34)16(3)14-31(26(24)35)15-19-20(28)10-7-11-22(19)38-5-2;;/h6-12,14,21,34H,4-5,13,15H2,1-3H3,(H,32,33)(H2,29,30,36);;/q;2*+1/p-2/t21-;;/m0../s1. The molecule has 2 amide bonds. The second-order valence-corrected chi connectivity index (χ2v) is 8.74. The molecule has 3 aromatic rings. The fourth-order valence-corrected chi connectivity index (χ4v) is 4.11. The number of hydrogen-bond acceptors (Lipinski definition) is 7. The number of nitrogens with one attached hydrogen (secondary N) is 2. The number of urea groups is 1. The van der Waals surface area contributed by atoms with Gasteiger partial charge in [-0.15, -0.1) is 0 Å². The number of amides is 2. The van der Waals surface area contributed by atoms with Gasteiger partial charge in [-0.1, -0.05) is 35.5 Å². The summed E-state index contributed by atoms with van der Waals surface area (Å²) in [7, 11) is 0. The van der Waals surface area contributed by atoms with E-state index in [0.29, 0.717) is 40.9 Å². The predicted octanol–water partition coefficient (Wildman–Crippen LogP) is -3.26. The van der Waals surface area contributed by atoms with Crippen molar-refractivity contribution < 1.29 is 88.4 Å². The second kappa shape index (κ2) is 16.9. The summed E-state index contributed by atoms with van der Waals surface area (Å²) in [6.07, 6.45) is 0.836. The monoisotopic (exact) mass is 587 g/mol. The Kier molecular flexibility index (Phi) is 15.2. The summed E-state index contributed by atoms with van der Waals surface area (Å²) in [4.78, 5) is 37.5. The minimum atomic E-state index is -1.40. The number of anilines is 1. The van der Waals surface area contributed by atoms with Gasteiger partial charge >= 0.3 is 65.1 Å². The van der Waals surface area contributed by atoms with Crippen molar-refractivity contribution in [1.82, 2.24) is 9.88 Å². The number of rotatable bonds is 11. The zero-order valence-electron chi connectivity index (χ0n) is 23.2. The molecule has 10 nitrogen and oxygen atoms in total. The maximum atomic E-state index is 13.2. The summed E-state index contributed by atoms with van der Waals surface area (Å²) in [6.45, 7) is 5.89. The number of halogens is 1. The number of aliphatic carboxylic acids is 1. The number of carboxylic acids is 1. The summed E-state index contributed by atoms with van der Waals surface area (Å²) in [5.74, 6) is -1.09. The zero-order valence-corrected chi connectivity index (χ0v) is 28.0. The third-order valence-corrected chi connectivity index (χ3v) is 5.95. The van der Waals surface area contributed by atoms with Gasteiger partial charge in [0.2, 0.25) is 0 Å². The topological polar surface area (TPSA) is 145 Å². The molecule has 13 heteroatoms. The van der Waals surface area contributed by atoms with Crippen molar-refractivity contribution in [3.8, 4) is 17.2 Å². The molecule has 0 saturated heterocycles. The van der Waals surface area contributed by atoms with Gasteiger partial charge in [0.15, 0.2) is 0 Å². The summed E-state index contributed by atoms with van der Waals surface area (Å²) in [5, 5.41) is 29.3. The Balaban J connectivity index is 0.00000400. The van der Waals surface area contributed by atoms with Crippen molar-refractivity contribution >= 4 is 29.3 Å². The molecule has 202 valence electrons. The van der Waals surface area contributed by atoms with Crippen LogP contribution in [0, 0.1) is 6.92 Å². The van der Waals surface area contributed by atoms with Gasteiger partial charge in [-0.3, -0.25) is 4.79 Å². The van der Waals surface area contributed by atoms with Crippen LogP contribution in [-0.2, 0) is 11.3 Å². The third-order valence-electron chi connectivity index (χ3n) is 5.60. The molecule has 0 radical (unpaired) electrons. The van der Waals surface area contributed by atoms with Crippen molar-refractivity contribution in [1.29, 1.82) is 0 Å². The summed E-state index contributed by atoms with van der Waals surface area (Å²) < 4.78 is 12.3. The van der Waals surface area contributed by atoms with Crippen molar-refractivity contribution in [2.45, 2.75) is 39.8 Å². The van der Waals surface area contributed by atoms with Crippen molar-refractivity contribution in [3.05, 3.63) is 80.7 Å². The van der Waals surface area contributed by atoms with Gasteiger partial charge in [0.25, 0.3) is 5.56 Å². The molecule has 2 aromatic carbocycles. The van der Waals surface area contributed by atoms with E-state index in [1.165, 1.54) is 17.7 Å². The molecule has 0 bridgehead atoms. The van der Waals surface area contributed by atoms with Crippen LogP contribution in [0.25, 0.3) is 0 Å².